The first-order valence-electron chi connectivity index (χ1n) is 0.154. The van der Waals surface area contributed by atoms with Crippen LogP contribution in [0.3, 0.4) is 0 Å². The zero-order valence-electron chi connectivity index (χ0n) is 3.10. The fourth-order valence-corrected chi connectivity index (χ4v) is 0. The van der Waals surface area contributed by atoms with E-state index in [0.717, 1.165) is 0 Å². The van der Waals surface area contributed by atoms with Gasteiger partial charge in [0.05, 0.1) is 0 Å². The van der Waals surface area contributed by atoms with Crippen LogP contribution in [0.1, 0.15) is 8.85 Å². The molecular weight excluding hydrogens is 149 g/mol. The zero-order chi connectivity index (χ0) is 2.00. The molecule has 0 saturated carbocycles. The molecule has 0 unspecified atom stereocenters. The predicted molar refractivity (Wildman–Crippen MR) is 8.53 cm³/mol. The van der Waals surface area contributed by atoms with Gasteiger partial charge in [-0.3, -0.25) is 0 Å². The summed E-state index contributed by atoms with van der Waals surface area (Å²) in [6.07, 6.45) is 0. The van der Waals surface area contributed by atoms with E-state index < -0.39 is 0 Å². The Morgan fingerprint density at radius 2 is 1.40 bits per heavy atom. The first-order chi connectivity index (χ1) is 1.00. The summed E-state index contributed by atoms with van der Waals surface area (Å²) in [5, 5.41) is 0. The normalized spacial score (nSPS) is 0.800. The number of rotatable bonds is 0. The van der Waals surface area contributed by atoms with Crippen LogP contribution in [0, 0.1) is 0 Å². The fraction of sp³-hybridized carbons (Fsp3) is 1.00. The topological polar surface area (TPSA) is 17.1 Å². The van der Waals surface area contributed by atoms with E-state index in [1.54, 1.807) is 15.9 Å². The van der Waals surface area contributed by atoms with Crippen molar-refractivity contribution in [1.29, 1.82) is 0 Å². The molecule has 0 aromatic heterocycles. The van der Waals surface area contributed by atoms with E-state index in [1.807, 2.05) is 0 Å². The van der Waals surface area contributed by atoms with Crippen molar-refractivity contribution in [3.63, 3.8) is 0 Å². The molecular formula is CH5LiMnNiO. The van der Waals surface area contributed by atoms with Gasteiger partial charge >= 0.3 is 38.6 Å². The molecule has 0 N–H and O–H groups in total. The quantitative estimate of drug-likeness (QED) is 0.356. The first kappa shape index (κ1) is 32.3. The molecule has 33 valence electrons. The van der Waals surface area contributed by atoms with Gasteiger partial charge < -0.3 is 1.43 Å². The van der Waals surface area contributed by atoms with Gasteiger partial charge in [0, 0.05) is 16.5 Å². The van der Waals surface area contributed by atoms with Crippen LogP contribution in [0.2, 0.25) is 0 Å². The molecule has 0 bridgehead atoms. The summed E-state index contributed by atoms with van der Waals surface area (Å²) in [6.45, 7) is 0. The monoisotopic (exact) mass is 153 g/mol. The maximum absolute atomic E-state index is 8.06. The van der Waals surface area contributed by atoms with E-state index in [-0.39, 0.29) is 44.2 Å². The van der Waals surface area contributed by atoms with Gasteiger partial charge in [-0.05, 0) is 0 Å². The van der Waals surface area contributed by atoms with Gasteiger partial charge in [0.25, 0.3) is 0 Å². The summed E-state index contributed by atoms with van der Waals surface area (Å²) >= 11 is 1.69. The molecule has 0 aromatic carbocycles. The van der Waals surface area contributed by atoms with Gasteiger partial charge in [-0.25, -0.2) is 0 Å². The van der Waals surface area contributed by atoms with E-state index in [9.17, 15) is 0 Å². The minimum absolute atomic E-state index is 0. The van der Waals surface area contributed by atoms with Gasteiger partial charge in [0.15, 0.2) is 0 Å². The second-order valence-electron chi connectivity index (χ2n) is 0. The van der Waals surface area contributed by atoms with E-state index in [1.165, 1.54) is 0 Å². The minimum atomic E-state index is 0. The van der Waals surface area contributed by atoms with Crippen molar-refractivity contribution in [1.82, 2.24) is 0 Å². The Hall–Kier alpha value is 1.41. The van der Waals surface area contributed by atoms with Crippen molar-refractivity contribution in [3.05, 3.63) is 0 Å². The molecule has 0 amide bonds. The van der Waals surface area contributed by atoms with Crippen LogP contribution in [0.5, 0.6) is 0 Å². The van der Waals surface area contributed by atoms with Crippen LogP contribution < -0.4 is 18.9 Å². The summed E-state index contributed by atoms with van der Waals surface area (Å²) in [6, 6.07) is 0. The molecule has 0 aliphatic carbocycles. The Balaban J connectivity index is -0.000000000833. The Morgan fingerprint density at radius 3 is 1.40 bits per heavy atom. The van der Waals surface area contributed by atoms with Gasteiger partial charge in [-0.1, -0.05) is 7.43 Å². The van der Waals surface area contributed by atoms with Crippen LogP contribution in [-0.2, 0) is 36.3 Å². The molecule has 1 nitrogen and oxygen atoms in total. The predicted octanol–water partition coefficient (Wildman–Crippen LogP) is -2.37. The van der Waals surface area contributed by atoms with Crippen molar-refractivity contribution in [2.75, 3.05) is 0 Å². The molecule has 5 heavy (non-hydrogen) atoms. The van der Waals surface area contributed by atoms with E-state index in [2.05, 4.69) is 0 Å². The van der Waals surface area contributed by atoms with E-state index in [4.69, 9.17) is 3.83 Å². The van der Waals surface area contributed by atoms with Crippen molar-refractivity contribution < 1.29 is 56.6 Å². The van der Waals surface area contributed by atoms with Crippen LogP contribution in [0.15, 0.2) is 0 Å². The Labute approximate surface area is 63.9 Å². The molecule has 0 fully saturated rings. The van der Waals surface area contributed by atoms with Crippen molar-refractivity contribution in [3.8, 4) is 0 Å². The third-order valence-electron chi connectivity index (χ3n) is 0. The molecule has 0 rings (SSSR count). The molecule has 0 spiro atoms. The SMILES string of the molecule is C.[H-].[Li+].[Ni].[O]=[Mn]. The van der Waals surface area contributed by atoms with Crippen molar-refractivity contribution in [2.45, 2.75) is 7.43 Å². The zero-order valence-corrected chi connectivity index (χ0v) is 4.27. The maximum atomic E-state index is 8.06. The Morgan fingerprint density at radius 1 is 1.40 bits per heavy atom. The average Bonchev–Trinajstić information content (AvgIpc) is 1.00. The van der Waals surface area contributed by atoms with Gasteiger partial charge in [-0.15, -0.1) is 0 Å². The number of hydrogen-bond acceptors (Lipinski definition) is 1. The van der Waals surface area contributed by atoms with Crippen LogP contribution >= 0.6 is 0 Å². The van der Waals surface area contributed by atoms with Gasteiger partial charge in [0.2, 0.25) is 0 Å². The van der Waals surface area contributed by atoms with E-state index in [0.29, 0.717) is 0 Å². The molecule has 0 aliphatic heterocycles. The van der Waals surface area contributed by atoms with Crippen LogP contribution in [-0.4, -0.2) is 0 Å². The fourth-order valence-electron chi connectivity index (χ4n) is 0. The molecule has 0 saturated heterocycles. The molecule has 4 heteroatoms. The summed E-state index contributed by atoms with van der Waals surface area (Å²) in [5.74, 6) is 0. The molecule has 0 radical (unpaired) electrons. The van der Waals surface area contributed by atoms with Crippen molar-refractivity contribution >= 4 is 0 Å². The third kappa shape index (κ3) is 31.6. The summed E-state index contributed by atoms with van der Waals surface area (Å²) in [4.78, 5) is 0. The summed E-state index contributed by atoms with van der Waals surface area (Å²) in [5.41, 5.74) is 0. The second-order valence-corrected chi connectivity index (χ2v) is 0. The van der Waals surface area contributed by atoms with Gasteiger partial charge in [-0.2, -0.15) is 0 Å². The van der Waals surface area contributed by atoms with Crippen molar-refractivity contribution in [2.24, 2.45) is 0 Å². The van der Waals surface area contributed by atoms with E-state index >= 15 is 0 Å². The standard InChI is InChI=1S/CH4.Li.Mn.Ni.O.H/h1H4;;;;;/q;+1;;;;-1. The Bertz CT molecular complexity index is 15.5. The average molecular weight is 154 g/mol. The third-order valence-corrected chi connectivity index (χ3v) is 0. The molecule has 0 aliphatic rings. The molecule has 0 aromatic rings. The Kier molecular flexibility index (Phi) is 342. The van der Waals surface area contributed by atoms with Crippen LogP contribution in [0.4, 0.5) is 0 Å². The second kappa shape index (κ2) is 52.9. The van der Waals surface area contributed by atoms with Crippen LogP contribution in [0.25, 0.3) is 0 Å². The first-order valence-corrected chi connectivity index (χ1v) is 0.636. The van der Waals surface area contributed by atoms with Gasteiger partial charge in [0.1, 0.15) is 0 Å². The summed E-state index contributed by atoms with van der Waals surface area (Å²) < 4.78 is 8.06. The molecule has 0 heterocycles. The summed E-state index contributed by atoms with van der Waals surface area (Å²) in [7, 11) is 0. The number of hydrogen-bond donors (Lipinski definition) is 0. The molecule has 0 atom stereocenters.